The van der Waals surface area contributed by atoms with Crippen molar-refractivity contribution >= 4 is 29.9 Å². The molecule has 0 aromatic heterocycles. The molecular weight excluding hydrogens is 437 g/mol. The number of nitrogens with zero attached hydrogens (tertiary/aromatic N) is 2. The van der Waals surface area contributed by atoms with Gasteiger partial charge in [0.2, 0.25) is 0 Å². The van der Waals surface area contributed by atoms with E-state index in [2.05, 4.69) is 20.5 Å². The van der Waals surface area contributed by atoms with E-state index in [0.29, 0.717) is 5.96 Å². The molecule has 2 rings (SSSR count). The summed E-state index contributed by atoms with van der Waals surface area (Å²) >= 11 is 0. The van der Waals surface area contributed by atoms with Crippen LogP contribution in [-0.4, -0.2) is 43.6 Å². The van der Waals surface area contributed by atoms with Gasteiger partial charge in [0.1, 0.15) is 11.6 Å². The minimum atomic E-state index is -0.443. The van der Waals surface area contributed by atoms with Crippen LogP contribution in [-0.2, 0) is 6.54 Å². The molecule has 0 unspecified atom stereocenters. The van der Waals surface area contributed by atoms with Crippen molar-refractivity contribution in [1.29, 1.82) is 0 Å². The van der Waals surface area contributed by atoms with Crippen LogP contribution in [0.25, 0.3) is 0 Å². The Hall–Kier alpha value is -0.960. The van der Waals surface area contributed by atoms with Crippen molar-refractivity contribution in [3.8, 4) is 0 Å². The number of unbranched alkanes of at least 4 members (excludes halogenated alkanes) is 1. The Kier molecular flexibility index (Phi) is 11.0. The largest absolute Gasteiger partial charge is 0.357 e. The molecule has 0 amide bonds. The van der Waals surface area contributed by atoms with Gasteiger partial charge in [0.05, 0.1) is 6.54 Å². The Bertz CT molecular complexity index is 534. The molecular formula is C18H29F2IN4. The van der Waals surface area contributed by atoms with Crippen LogP contribution in [0, 0.1) is 11.6 Å². The van der Waals surface area contributed by atoms with Gasteiger partial charge in [0.15, 0.2) is 5.96 Å². The zero-order valence-corrected chi connectivity index (χ0v) is 17.2. The van der Waals surface area contributed by atoms with Crippen LogP contribution >= 0.6 is 24.0 Å². The van der Waals surface area contributed by atoms with E-state index >= 15 is 0 Å². The number of halogens is 3. The minimum absolute atomic E-state index is 0. The first kappa shape index (κ1) is 22.1. The molecule has 1 heterocycles. The van der Waals surface area contributed by atoms with Crippen LogP contribution in [0.4, 0.5) is 8.78 Å². The summed E-state index contributed by atoms with van der Waals surface area (Å²) in [6.45, 7) is 7.27. The van der Waals surface area contributed by atoms with Crippen LogP contribution in [0.1, 0.15) is 38.2 Å². The van der Waals surface area contributed by atoms with Crippen molar-refractivity contribution in [3.05, 3.63) is 35.4 Å². The summed E-state index contributed by atoms with van der Waals surface area (Å²) in [5.41, 5.74) is 0.265. The number of aliphatic imine (C=N–C) groups is 1. The molecule has 1 aromatic rings. The predicted octanol–water partition coefficient (Wildman–Crippen LogP) is 3.51. The number of likely N-dealkylation sites (tertiary alicyclic amines) is 1. The molecule has 1 aliphatic rings. The van der Waals surface area contributed by atoms with Gasteiger partial charge in [0.25, 0.3) is 0 Å². The highest BCUT2D eigenvalue weighted by molar-refractivity contribution is 14.0. The lowest BCUT2D eigenvalue weighted by molar-refractivity contribution is 0.330. The zero-order valence-electron chi connectivity index (χ0n) is 14.9. The molecule has 0 atom stereocenters. The summed E-state index contributed by atoms with van der Waals surface area (Å²) in [6.07, 6.45) is 4.87. The molecule has 7 heteroatoms. The number of hydrogen-bond donors (Lipinski definition) is 2. The lowest BCUT2D eigenvalue weighted by Crippen LogP contribution is -2.38. The lowest BCUT2D eigenvalue weighted by Gasteiger charge is -2.15. The topological polar surface area (TPSA) is 39.7 Å². The van der Waals surface area contributed by atoms with Gasteiger partial charge >= 0.3 is 0 Å². The quantitative estimate of drug-likeness (QED) is 0.267. The van der Waals surface area contributed by atoms with Crippen LogP contribution in [0.2, 0.25) is 0 Å². The maximum Gasteiger partial charge on any atom is 0.191 e. The van der Waals surface area contributed by atoms with Gasteiger partial charge in [-0.1, -0.05) is 0 Å². The standard InChI is InChI=1S/C18H28F2N4.HI/c1-2-21-18(22-9-3-4-10-24-11-5-6-12-24)23-14-15-13-16(19)7-8-17(15)20;/h7-8,13H,2-6,9-12,14H2,1H3,(H2,21,22,23);1H. The highest BCUT2D eigenvalue weighted by Gasteiger charge is 2.10. The second-order valence-electron chi connectivity index (χ2n) is 6.11. The highest BCUT2D eigenvalue weighted by atomic mass is 127. The van der Waals surface area contributed by atoms with E-state index in [1.807, 2.05) is 6.92 Å². The first-order valence-electron chi connectivity index (χ1n) is 8.87. The molecule has 0 aliphatic carbocycles. The zero-order chi connectivity index (χ0) is 17.2. The lowest BCUT2D eigenvalue weighted by atomic mass is 10.2. The summed E-state index contributed by atoms with van der Waals surface area (Å²) in [5.74, 6) is -0.231. The first-order valence-corrected chi connectivity index (χ1v) is 8.87. The molecule has 0 spiro atoms. The average Bonchev–Trinajstić information content (AvgIpc) is 3.08. The molecule has 2 N–H and O–H groups in total. The maximum absolute atomic E-state index is 13.6. The molecule has 1 fully saturated rings. The third-order valence-corrected chi connectivity index (χ3v) is 4.15. The molecule has 4 nitrogen and oxygen atoms in total. The smallest absolute Gasteiger partial charge is 0.191 e. The Morgan fingerprint density at radius 1 is 1.16 bits per heavy atom. The second-order valence-corrected chi connectivity index (χ2v) is 6.11. The van der Waals surface area contributed by atoms with Gasteiger partial charge in [-0.2, -0.15) is 0 Å². The van der Waals surface area contributed by atoms with Gasteiger partial charge in [0, 0.05) is 18.7 Å². The summed E-state index contributed by atoms with van der Waals surface area (Å²) in [6, 6.07) is 3.45. The van der Waals surface area contributed by atoms with E-state index < -0.39 is 11.6 Å². The molecule has 0 radical (unpaired) electrons. The van der Waals surface area contributed by atoms with Gasteiger partial charge < -0.3 is 15.5 Å². The minimum Gasteiger partial charge on any atom is -0.357 e. The highest BCUT2D eigenvalue weighted by Crippen LogP contribution is 2.11. The maximum atomic E-state index is 13.6. The number of nitrogens with one attached hydrogen (secondary N) is 2. The van der Waals surface area contributed by atoms with Crippen molar-refractivity contribution in [2.24, 2.45) is 4.99 Å². The van der Waals surface area contributed by atoms with E-state index in [-0.39, 0.29) is 36.1 Å². The van der Waals surface area contributed by atoms with Crippen LogP contribution < -0.4 is 10.6 Å². The Balaban J connectivity index is 0.00000312. The van der Waals surface area contributed by atoms with Crippen LogP contribution in [0.3, 0.4) is 0 Å². The fourth-order valence-corrected chi connectivity index (χ4v) is 2.84. The van der Waals surface area contributed by atoms with E-state index in [0.717, 1.165) is 44.6 Å². The third kappa shape index (κ3) is 8.31. The van der Waals surface area contributed by atoms with Crippen molar-refractivity contribution in [2.75, 3.05) is 32.7 Å². The van der Waals surface area contributed by atoms with Gasteiger partial charge in [-0.05, 0) is 70.4 Å². The van der Waals surface area contributed by atoms with Crippen molar-refractivity contribution in [1.82, 2.24) is 15.5 Å². The third-order valence-electron chi connectivity index (χ3n) is 4.15. The van der Waals surface area contributed by atoms with E-state index in [4.69, 9.17) is 0 Å². The molecule has 25 heavy (non-hydrogen) atoms. The Morgan fingerprint density at radius 2 is 1.92 bits per heavy atom. The van der Waals surface area contributed by atoms with Gasteiger partial charge in [-0.25, -0.2) is 13.8 Å². The fourth-order valence-electron chi connectivity index (χ4n) is 2.84. The second kappa shape index (κ2) is 12.4. The molecule has 1 aromatic carbocycles. The molecule has 142 valence electrons. The number of benzene rings is 1. The molecule has 1 saturated heterocycles. The van der Waals surface area contributed by atoms with E-state index in [9.17, 15) is 8.78 Å². The van der Waals surface area contributed by atoms with Crippen molar-refractivity contribution in [3.63, 3.8) is 0 Å². The number of hydrogen-bond acceptors (Lipinski definition) is 2. The fraction of sp³-hybridized carbons (Fsp3) is 0.611. The first-order chi connectivity index (χ1) is 11.7. The van der Waals surface area contributed by atoms with Crippen LogP contribution in [0.15, 0.2) is 23.2 Å². The predicted molar refractivity (Wildman–Crippen MR) is 109 cm³/mol. The van der Waals surface area contributed by atoms with Crippen molar-refractivity contribution < 1.29 is 8.78 Å². The normalized spacial score (nSPS) is 15.1. The molecule has 0 bridgehead atoms. The number of rotatable bonds is 8. The van der Waals surface area contributed by atoms with Crippen molar-refractivity contribution in [2.45, 2.75) is 39.2 Å². The average molecular weight is 466 g/mol. The molecule has 1 aliphatic heterocycles. The Labute approximate surface area is 166 Å². The van der Waals surface area contributed by atoms with Gasteiger partial charge in [-0.3, -0.25) is 0 Å². The van der Waals surface area contributed by atoms with E-state index in [1.165, 1.54) is 32.0 Å². The van der Waals surface area contributed by atoms with E-state index in [1.54, 1.807) is 0 Å². The van der Waals surface area contributed by atoms with Gasteiger partial charge in [-0.15, -0.1) is 24.0 Å². The molecule has 0 saturated carbocycles. The summed E-state index contributed by atoms with van der Waals surface area (Å²) < 4.78 is 26.8. The summed E-state index contributed by atoms with van der Waals surface area (Å²) in [4.78, 5) is 6.84. The SMILES string of the molecule is CCNC(=NCc1cc(F)ccc1F)NCCCCN1CCCC1.I. The summed E-state index contributed by atoms with van der Waals surface area (Å²) in [7, 11) is 0. The summed E-state index contributed by atoms with van der Waals surface area (Å²) in [5, 5.41) is 6.39. The monoisotopic (exact) mass is 466 g/mol. The van der Waals surface area contributed by atoms with Crippen LogP contribution in [0.5, 0.6) is 0 Å². The Morgan fingerprint density at radius 3 is 2.64 bits per heavy atom. The number of guanidine groups is 1.